The fourth-order valence-corrected chi connectivity index (χ4v) is 5.70. The number of halogens is 3. The van der Waals surface area contributed by atoms with Crippen molar-refractivity contribution in [3.05, 3.63) is 70.0 Å². The lowest BCUT2D eigenvalue weighted by atomic mass is 10.0. The smallest absolute Gasteiger partial charge is 0.410 e. The number of anilines is 3. The van der Waals surface area contributed by atoms with Crippen LogP contribution in [0.2, 0.25) is 5.02 Å². The number of aliphatic hydroxyl groups is 1. The molecule has 1 saturated heterocycles. The minimum absolute atomic E-state index is 0.0277. The van der Waals surface area contributed by atoms with Crippen LogP contribution < -0.4 is 15.5 Å². The number of amides is 2. The van der Waals surface area contributed by atoms with E-state index in [2.05, 4.69) is 25.6 Å². The lowest BCUT2D eigenvalue weighted by Gasteiger charge is -2.36. The summed E-state index contributed by atoms with van der Waals surface area (Å²) in [5.74, 6) is -2.37. The third-order valence-electron chi connectivity index (χ3n) is 8.24. The summed E-state index contributed by atoms with van der Waals surface area (Å²) >= 11 is 6.81. The molecular weight excluding hydrogens is 700 g/mol. The number of fused-ring (bicyclic) bond motifs is 1. The number of rotatable bonds is 9. The van der Waals surface area contributed by atoms with Crippen LogP contribution >= 0.6 is 11.6 Å². The maximum Gasteiger partial charge on any atom is 0.410 e. The first-order valence-electron chi connectivity index (χ1n) is 16.5. The molecule has 4 aromatic rings. The third-order valence-corrected chi connectivity index (χ3v) is 8.55. The van der Waals surface area contributed by atoms with E-state index in [0.717, 1.165) is 0 Å². The zero-order chi connectivity index (χ0) is 38.1. The van der Waals surface area contributed by atoms with E-state index in [4.69, 9.17) is 16.3 Å². The summed E-state index contributed by atoms with van der Waals surface area (Å²) < 4.78 is 36.1. The number of carbonyl (C=O) groups is 3. The molecule has 0 bridgehead atoms. The van der Waals surface area contributed by atoms with Gasteiger partial charge in [0.2, 0.25) is 5.95 Å². The highest BCUT2D eigenvalue weighted by molar-refractivity contribution is 6.34. The van der Waals surface area contributed by atoms with Crippen molar-refractivity contribution in [2.45, 2.75) is 58.9 Å². The van der Waals surface area contributed by atoms with Crippen LogP contribution in [0.1, 0.15) is 60.9 Å². The second-order valence-electron chi connectivity index (χ2n) is 14.0. The molecule has 0 spiro atoms. The third kappa shape index (κ3) is 8.65. The number of carboxylic acids is 1. The van der Waals surface area contributed by atoms with Gasteiger partial charge in [0.25, 0.3) is 5.91 Å². The van der Waals surface area contributed by atoms with Gasteiger partial charge in [0.15, 0.2) is 5.82 Å². The van der Waals surface area contributed by atoms with Crippen molar-refractivity contribution in [2.24, 2.45) is 0 Å². The molecule has 16 heteroatoms. The number of piperazine rings is 1. The van der Waals surface area contributed by atoms with Gasteiger partial charge < -0.3 is 35.4 Å². The molecule has 13 nitrogen and oxygen atoms in total. The fourth-order valence-electron chi connectivity index (χ4n) is 5.44. The van der Waals surface area contributed by atoms with Crippen molar-refractivity contribution in [1.29, 1.82) is 0 Å². The maximum atomic E-state index is 15.8. The molecule has 1 atom stereocenters. The van der Waals surface area contributed by atoms with Crippen LogP contribution in [0, 0.1) is 12.7 Å². The maximum absolute atomic E-state index is 15.8. The van der Waals surface area contributed by atoms with Crippen molar-refractivity contribution in [1.82, 2.24) is 19.9 Å². The number of ether oxygens (including phenoxy) is 1. The van der Waals surface area contributed by atoms with Gasteiger partial charge >= 0.3 is 12.1 Å². The van der Waals surface area contributed by atoms with Gasteiger partial charge in [0.1, 0.15) is 29.1 Å². The predicted octanol–water partition coefficient (Wildman–Crippen LogP) is 6.32. The van der Waals surface area contributed by atoms with E-state index in [0.29, 0.717) is 42.9 Å². The van der Waals surface area contributed by atoms with Gasteiger partial charge in [-0.1, -0.05) is 23.7 Å². The zero-order valence-electron chi connectivity index (χ0n) is 29.6. The molecule has 0 aliphatic carbocycles. The van der Waals surface area contributed by atoms with E-state index < -0.39 is 41.2 Å². The molecule has 0 radical (unpaired) electrons. The van der Waals surface area contributed by atoms with Gasteiger partial charge in [-0.15, -0.1) is 0 Å². The highest BCUT2D eigenvalue weighted by atomic mass is 35.5. The molecule has 1 aliphatic rings. The second kappa shape index (κ2) is 14.8. The first-order valence-corrected chi connectivity index (χ1v) is 16.9. The zero-order valence-corrected chi connectivity index (χ0v) is 30.3. The van der Waals surface area contributed by atoms with Crippen molar-refractivity contribution in [2.75, 3.05) is 48.3 Å². The molecule has 5 rings (SSSR count). The Kier molecular flexibility index (Phi) is 10.9. The Hall–Kier alpha value is -5.15. The van der Waals surface area contributed by atoms with Gasteiger partial charge in [-0.2, -0.15) is 4.98 Å². The van der Waals surface area contributed by atoms with Crippen LogP contribution in [-0.4, -0.2) is 98.1 Å². The summed E-state index contributed by atoms with van der Waals surface area (Å²) in [5, 5.41) is 25.6. The van der Waals surface area contributed by atoms with Crippen molar-refractivity contribution >= 4 is 58.1 Å². The Morgan fingerprint density at radius 1 is 1.00 bits per heavy atom. The molecule has 1 aliphatic heterocycles. The highest BCUT2D eigenvalue weighted by Gasteiger charge is 2.30. The Morgan fingerprint density at radius 3 is 2.27 bits per heavy atom. The number of aromatic nitrogens is 3. The normalized spacial score (nSPS) is 14.3. The molecule has 0 unspecified atom stereocenters. The highest BCUT2D eigenvalue weighted by Crippen LogP contribution is 2.37. The molecule has 4 N–H and O–H groups in total. The summed E-state index contributed by atoms with van der Waals surface area (Å²) in [7, 11) is 0. The minimum Gasteiger partial charge on any atom is -0.478 e. The van der Waals surface area contributed by atoms with E-state index in [1.165, 1.54) is 57.2 Å². The topological polar surface area (TPSA) is 170 Å². The molecule has 52 heavy (non-hydrogen) atoms. The van der Waals surface area contributed by atoms with Crippen LogP contribution in [-0.2, 0) is 4.74 Å². The van der Waals surface area contributed by atoms with Crippen molar-refractivity contribution < 1.29 is 38.1 Å². The number of alkyl halides is 1. The lowest BCUT2D eigenvalue weighted by molar-refractivity contribution is 0.00316. The summed E-state index contributed by atoms with van der Waals surface area (Å²) in [6, 6.07) is 10.0. The standard InChI is InChI=1S/C36H40ClF2N7O6/c1-19-15-27(43-31(47)20-9-7-8-10-21(20)32(48)49)42-29(28(19)39)22-17-25-23(16-24(22)37)30(44-33(41-25)40-18-26(38)36(5,6)51)45-11-13-46(14-12-45)34(50)52-35(2,3)4/h7-10,15-17,26,51H,11-14,18H2,1-6H3,(H,48,49)(H,40,41,44)(H,42,43,47)/t26-/m1/s1. The Balaban J connectivity index is 1.53. The molecule has 1 fully saturated rings. The first kappa shape index (κ1) is 38.1. The summed E-state index contributed by atoms with van der Waals surface area (Å²) in [5.41, 5.74) is -2.29. The van der Waals surface area contributed by atoms with E-state index in [-0.39, 0.29) is 51.3 Å². The van der Waals surface area contributed by atoms with Gasteiger partial charge in [-0.05, 0) is 77.4 Å². The number of nitrogens with one attached hydrogen (secondary N) is 2. The molecule has 0 saturated carbocycles. The molecule has 2 aromatic carbocycles. The minimum atomic E-state index is -1.67. The average Bonchev–Trinajstić information content (AvgIpc) is 3.07. The number of carbonyl (C=O) groups excluding carboxylic acids is 2. The average molecular weight is 740 g/mol. The van der Waals surface area contributed by atoms with Crippen LogP contribution in [0.15, 0.2) is 42.5 Å². The van der Waals surface area contributed by atoms with Gasteiger partial charge in [0.05, 0.1) is 33.8 Å². The van der Waals surface area contributed by atoms with E-state index in [1.54, 1.807) is 31.7 Å². The largest absolute Gasteiger partial charge is 0.478 e. The monoisotopic (exact) mass is 739 g/mol. The Labute approximate surface area is 304 Å². The van der Waals surface area contributed by atoms with Crippen molar-refractivity contribution in [3.8, 4) is 11.3 Å². The lowest BCUT2D eigenvalue weighted by Crippen LogP contribution is -2.50. The van der Waals surface area contributed by atoms with E-state index in [9.17, 15) is 29.0 Å². The van der Waals surface area contributed by atoms with Crippen LogP contribution in [0.3, 0.4) is 0 Å². The number of carboxylic acid groups (broad SMARTS) is 1. The van der Waals surface area contributed by atoms with E-state index in [1.807, 2.05) is 4.90 Å². The molecule has 2 amide bonds. The molecule has 2 aromatic heterocycles. The first-order chi connectivity index (χ1) is 24.3. The number of hydrogen-bond donors (Lipinski definition) is 4. The van der Waals surface area contributed by atoms with Crippen LogP contribution in [0.5, 0.6) is 0 Å². The van der Waals surface area contributed by atoms with Crippen LogP contribution in [0.4, 0.5) is 31.2 Å². The Morgan fingerprint density at radius 2 is 1.65 bits per heavy atom. The quantitative estimate of drug-likeness (QED) is 0.152. The van der Waals surface area contributed by atoms with Gasteiger partial charge in [-0.3, -0.25) is 4.79 Å². The summed E-state index contributed by atoms with van der Waals surface area (Å²) in [6.45, 7) is 10.6. The molecular formula is C36H40ClF2N7O6. The van der Waals surface area contributed by atoms with Gasteiger partial charge in [0, 0.05) is 37.1 Å². The second-order valence-corrected chi connectivity index (χ2v) is 14.4. The van der Waals surface area contributed by atoms with Crippen molar-refractivity contribution in [3.63, 3.8) is 0 Å². The summed E-state index contributed by atoms with van der Waals surface area (Å²) in [6.07, 6.45) is -2.11. The number of hydrogen-bond acceptors (Lipinski definition) is 10. The SMILES string of the molecule is Cc1cc(NC(=O)c2ccccc2C(=O)O)nc(-c2cc3nc(NC[C@@H](F)C(C)(C)O)nc(N4CCN(C(=O)OC(C)(C)C)CC4)c3cc2Cl)c1F. The van der Waals surface area contributed by atoms with Crippen LogP contribution in [0.25, 0.3) is 22.2 Å². The number of pyridine rings is 1. The number of aryl methyl sites for hydroxylation is 1. The number of benzene rings is 2. The van der Waals surface area contributed by atoms with Gasteiger partial charge in [-0.25, -0.2) is 28.3 Å². The van der Waals surface area contributed by atoms with E-state index >= 15 is 4.39 Å². The summed E-state index contributed by atoms with van der Waals surface area (Å²) in [4.78, 5) is 54.6. The number of nitrogens with zero attached hydrogens (tertiary/aromatic N) is 5. The Bertz CT molecular complexity index is 2030. The molecule has 276 valence electrons. The predicted molar refractivity (Wildman–Crippen MR) is 194 cm³/mol. The number of aromatic carboxylic acids is 1. The molecule has 3 heterocycles. The fraction of sp³-hybridized carbons (Fsp3) is 0.389.